The number of halogens is 3. The molecule has 134 valence electrons. The lowest BCUT2D eigenvalue weighted by atomic mass is 10.2. The Morgan fingerprint density at radius 2 is 1.88 bits per heavy atom. The number of fused-ring (bicyclic) bond motifs is 1. The third-order valence-electron chi connectivity index (χ3n) is 3.22. The fraction of sp³-hybridized carbons (Fsp3) is 0.0625. The second-order valence-electron chi connectivity index (χ2n) is 5.07. The summed E-state index contributed by atoms with van der Waals surface area (Å²) < 4.78 is 40.8. The van der Waals surface area contributed by atoms with Crippen molar-refractivity contribution in [2.24, 2.45) is 10.2 Å². The number of H-pyrrole nitrogens is 1. The normalized spacial score (nSPS) is 11.8. The Bertz CT molecular complexity index is 968. The number of nitrogens with one attached hydrogen (secondary N) is 2. The minimum atomic E-state index is -4.86. The van der Waals surface area contributed by atoms with E-state index in [1.54, 1.807) is 30.3 Å². The quantitative estimate of drug-likeness (QED) is 0.565. The van der Waals surface area contributed by atoms with Crippen LogP contribution in [0.15, 0.2) is 58.8 Å². The van der Waals surface area contributed by atoms with E-state index in [1.807, 2.05) is 0 Å². The summed E-state index contributed by atoms with van der Waals surface area (Å²) in [5.41, 5.74) is 0.603. The van der Waals surface area contributed by atoms with Crippen LogP contribution in [-0.4, -0.2) is 22.5 Å². The number of hydrogen-bond donors (Lipinski definition) is 3. The number of ether oxygens (including phenoxy) is 1. The van der Waals surface area contributed by atoms with Crippen LogP contribution >= 0.6 is 0 Å². The van der Waals surface area contributed by atoms with Gasteiger partial charge in [0.25, 0.3) is 0 Å². The van der Waals surface area contributed by atoms with Crippen LogP contribution in [-0.2, 0) is 0 Å². The summed E-state index contributed by atoms with van der Waals surface area (Å²) >= 11 is 0. The van der Waals surface area contributed by atoms with Crippen molar-refractivity contribution >= 4 is 28.3 Å². The summed E-state index contributed by atoms with van der Waals surface area (Å²) in [7, 11) is 0. The maximum Gasteiger partial charge on any atom is 0.573 e. The van der Waals surface area contributed by atoms with Crippen molar-refractivity contribution in [1.82, 2.24) is 4.98 Å². The highest BCUT2D eigenvalue weighted by atomic mass is 19.4. The Hall–Kier alpha value is -3.56. The molecule has 7 nitrogen and oxygen atoms in total. The molecule has 0 atom stereocenters. The topological polar surface area (TPSA) is 99.1 Å². The van der Waals surface area contributed by atoms with Gasteiger partial charge in [-0.1, -0.05) is 23.3 Å². The first-order valence-electron chi connectivity index (χ1n) is 7.20. The fourth-order valence-corrected chi connectivity index (χ4v) is 2.21. The van der Waals surface area contributed by atoms with E-state index in [0.717, 1.165) is 12.1 Å². The van der Waals surface area contributed by atoms with Crippen LogP contribution < -0.4 is 10.1 Å². The fourth-order valence-electron chi connectivity index (χ4n) is 2.21. The summed E-state index contributed by atoms with van der Waals surface area (Å²) in [5.74, 6) is -0.936. The van der Waals surface area contributed by atoms with Crippen LogP contribution in [0, 0.1) is 0 Å². The van der Waals surface area contributed by atoms with Crippen molar-refractivity contribution in [1.29, 1.82) is 0 Å². The van der Waals surface area contributed by atoms with Gasteiger partial charge in [-0.15, -0.1) is 18.3 Å². The monoisotopic (exact) mass is 364 g/mol. The molecule has 3 aromatic rings. The molecule has 0 saturated heterocycles. The van der Waals surface area contributed by atoms with Gasteiger partial charge in [0.2, 0.25) is 5.88 Å². The van der Waals surface area contributed by atoms with Crippen LogP contribution in [0.1, 0.15) is 0 Å². The third kappa shape index (κ3) is 4.09. The van der Waals surface area contributed by atoms with E-state index in [0.29, 0.717) is 11.2 Å². The number of para-hydroxylation sites is 1. The standard InChI is InChI=1S/C16H11F3N4O3/c17-16(18,19)26-10-6-7-12-11(8-10)13(14(24)21-12)22-23-15(25)20-9-4-2-1-3-5-9/h1-8,21,24H,(H,20,25). The number of rotatable bonds is 3. The van der Waals surface area contributed by atoms with Crippen LogP contribution in [0.25, 0.3) is 10.9 Å². The number of azo groups is 1. The lowest BCUT2D eigenvalue weighted by molar-refractivity contribution is -0.274. The molecule has 2 amide bonds. The van der Waals surface area contributed by atoms with E-state index in [-0.39, 0.29) is 11.1 Å². The Morgan fingerprint density at radius 1 is 1.15 bits per heavy atom. The van der Waals surface area contributed by atoms with Crippen molar-refractivity contribution in [2.45, 2.75) is 6.36 Å². The average Bonchev–Trinajstić information content (AvgIpc) is 2.87. The molecule has 2 aromatic carbocycles. The Morgan fingerprint density at radius 3 is 2.58 bits per heavy atom. The molecule has 0 spiro atoms. The summed E-state index contributed by atoms with van der Waals surface area (Å²) in [6, 6.07) is 11.0. The molecule has 26 heavy (non-hydrogen) atoms. The number of hydrogen-bond acceptors (Lipinski definition) is 4. The zero-order valence-corrected chi connectivity index (χ0v) is 12.9. The smallest absolute Gasteiger partial charge is 0.493 e. The summed E-state index contributed by atoms with van der Waals surface area (Å²) in [5, 5.41) is 19.4. The van der Waals surface area contributed by atoms with E-state index in [9.17, 15) is 23.1 Å². The highest BCUT2D eigenvalue weighted by Crippen LogP contribution is 2.38. The number of carbonyl (C=O) groups is 1. The number of benzene rings is 2. The zero-order chi connectivity index (χ0) is 18.7. The van der Waals surface area contributed by atoms with E-state index >= 15 is 0 Å². The number of aromatic hydroxyl groups is 1. The Balaban J connectivity index is 1.85. The van der Waals surface area contributed by atoms with Gasteiger partial charge >= 0.3 is 12.4 Å². The SMILES string of the molecule is O=C(N=Nc1c(O)[nH]c2ccc(OC(F)(F)F)cc12)Nc1ccccc1. The first-order valence-corrected chi connectivity index (χ1v) is 7.20. The van der Waals surface area contributed by atoms with Gasteiger partial charge < -0.3 is 20.1 Å². The number of urea groups is 1. The molecule has 0 bridgehead atoms. The van der Waals surface area contributed by atoms with E-state index < -0.39 is 24.0 Å². The lowest BCUT2D eigenvalue weighted by Gasteiger charge is -2.08. The lowest BCUT2D eigenvalue weighted by Crippen LogP contribution is -2.16. The largest absolute Gasteiger partial charge is 0.573 e. The second-order valence-corrected chi connectivity index (χ2v) is 5.07. The minimum Gasteiger partial charge on any atom is -0.493 e. The highest BCUT2D eigenvalue weighted by molar-refractivity contribution is 5.96. The van der Waals surface area contributed by atoms with E-state index in [4.69, 9.17) is 0 Å². The highest BCUT2D eigenvalue weighted by Gasteiger charge is 2.31. The van der Waals surface area contributed by atoms with Gasteiger partial charge in [-0.25, -0.2) is 4.79 Å². The van der Waals surface area contributed by atoms with Crippen LogP contribution in [0.5, 0.6) is 11.6 Å². The molecule has 0 aliphatic carbocycles. The molecule has 0 aliphatic heterocycles. The number of anilines is 1. The maximum absolute atomic E-state index is 12.3. The Kier molecular flexibility index (Phi) is 4.48. The van der Waals surface area contributed by atoms with Crippen molar-refractivity contribution in [2.75, 3.05) is 5.32 Å². The van der Waals surface area contributed by atoms with E-state index in [2.05, 4.69) is 25.3 Å². The molecule has 10 heteroatoms. The van der Waals surface area contributed by atoms with Crippen molar-refractivity contribution < 1.29 is 27.8 Å². The predicted octanol–water partition coefficient (Wildman–Crippen LogP) is 5.09. The van der Waals surface area contributed by atoms with E-state index in [1.165, 1.54) is 6.07 Å². The van der Waals surface area contributed by atoms with Gasteiger partial charge in [-0.3, -0.25) is 0 Å². The molecule has 0 aliphatic rings. The maximum atomic E-state index is 12.3. The molecular formula is C16H11F3N4O3. The molecule has 0 unspecified atom stereocenters. The molecule has 1 aromatic heterocycles. The molecule has 3 rings (SSSR count). The van der Waals surface area contributed by atoms with Crippen LogP contribution in [0.3, 0.4) is 0 Å². The first kappa shape index (κ1) is 17.3. The predicted molar refractivity (Wildman–Crippen MR) is 86.6 cm³/mol. The third-order valence-corrected chi connectivity index (χ3v) is 3.22. The molecular weight excluding hydrogens is 353 g/mol. The van der Waals surface area contributed by atoms with Gasteiger partial charge in [-0.2, -0.15) is 0 Å². The molecule has 1 heterocycles. The van der Waals surface area contributed by atoms with Gasteiger partial charge in [0.05, 0.1) is 5.52 Å². The number of carbonyl (C=O) groups excluding carboxylic acids is 1. The summed E-state index contributed by atoms with van der Waals surface area (Å²) in [4.78, 5) is 14.3. The molecule has 0 saturated carbocycles. The number of aromatic amines is 1. The summed E-state index contributed by atoms with van der Waals surface area (Å²) in [6.45, 7) is 0. The van der Waals surface area contributed by atoms with Crippen molar-refractivity contribution in [3.63, 3.8) is 0 Å². The van der Waals surface area contributed by atoms with Gasteiger partial charge in [0, 0.05) is 11.1 Å². The molecule has 3 N–H and O–H groups in total. The first-order chi connectivity index (χ1) is 12.3. The number of amides is 2. The minimum absolute atomic E-state index is 0.112. The Labute approximate surface area is 144 Å². The second kappa shape index (κ2) is 6.75. The van der Waals surface area contributed by atoms with Crippen LogP contribution in [0.4, 0.5) is 29.3 Å². The van der Waals surface area contributed by atoms with Crippen molar-refractivity contribution in [3.05, 3.63) is 48.5 Å². The number of nitrogens with zero attached hydrogens (tertiary/aromatic N) is 2. The number of aromatic nitrogens is 1. The van der Waals surface area contributed by atoms with Crippen LogP contribution in [0.2, 0.25) is 0 Å². The molecule has 0 fully saturated rings. The summed E-state index contributed by atoms with van der Waals surface area (Å²) in [6.07, 6.45) is -4.86. The zero-order valence-electron chi connectivity index (χ0n) is 12.9. The number of alkyl halides is 3. The van der Waals surface area contributed by atoms with Gasteiger partial charge in [-0.05, 0) is 30.3 Å². The average molecular weight is 364 g/mol. The van der Waals surface area contributed by atoms with Crippen molar-refractivity contribution in [3.8, 4) is 11.6 Å². The van der Waals surface area contributed by atoms with Gasteiger partial charge in [0.15, 0.2) is 5.69 Å². The molecule has 0 radical (unpaired) electrons. The van der Waals surface area contributed by atoms with Gasteiger partial charge in [0.1, 0.15) is 5.75 Å².